The molecule has 0 bridgehead atoms. The number of esters is 1. The molecule has 0 amide bonds. The summed E-state index contributed by atoms with van der Waals surface area (Å²) < 4.78 is 4.83. The van der Waals surface area contributed by atoms with E-state index in [9.17, 15) is 4.79 Å². The van der Waals surface area contributed by atoms with E-state index in [-0.39, 0.29) is 5.97 Å². The van der Waals surface area contributed by atoms with Crippen molar-refractivity contribution >= 4 is 23.4 Å². The Morgan fingerprint density at radius 2 is 2.20 bits per heavy atom. The molecule has 1 aromatic rings. The van der Waals surface area contributed by atoms with E-state index >= 15 is 0 Å². The van der Waals surface area contributed by atoms with Gasteiger partial charge in [-0.2, -0.15) is 11.8 Å². The largest absolute Gasteiger partial charge is 0.465 e. The summed E-state index contributed by atoms with van der Waals surface area (Å²) >= 11 is 1.83. The molecule has 0 fully saturated rings. The summed E-state index contributed by atoms with van der Waals surface area (Å²) in [5.41, 5.74) is 7.79. The highest BCUT2D eigenvalue weighted by Gasteiger charge is 2.19. The molecule has 2 N–H and O–H groups in total. The van der Waals surface area contributed by atoms with Gasteiger partial charge in [0.1, 0.15) is 0 Å². The predicted octanol–water partition coefficient (Wildman–Crippen LogP) is 2.63. The van der Waals surface area contributed by atoms with Crippen LogP contribution in [0, 0.1) is 0 Å². The summed E-state index contributed by atoms with van der Waals surface area (Å²) in [6.45, 7) is 2.87. The Morgan fingerprint density at radius 1 is 1.50 bits per heavy atom. The van der Waals surface area contributed by atoms with Gasteiger partial charge >= 0.3 is 5.97 Å². The molecule has 1 unspecified atom stereocenters. The van der Waals surface area contributed by atoms with E-state index in [2.05, 4.69) is 25.1 Å². The van der Waals surface area contributed by atoms with Crippen LogP contribution >= 0.6 is 11.8 Å². The number of carbonyl (C=O) groups excluding carboxylic acids is 1. The molecule has 0 aromatic heterocycles. The quantitative estimate of drug-likeness (QED) is 0.619. The number of thioether (sulfide) groups is 1. The lowest BCUT2D eigenvalue weighted by Gasteiger charge is -2.27. The van der Waals surface area contributed by atoms with Crippen LogP contribution in [0.25, 0.3) is 0 Å². The standard InChI is InChI=1S/C15H24N2O2S/c1-5-12(10-20-4)17(2)9-11-7-6-8-13(16)14(11)15(18)19-3/h6-8,12H,5,9-10,16H2,1-4H3. The molecule has 1 rings (SSSR count). The van der Waals surface area contributed by atoms with Crippen molar-refractivity contribution in [2.45, 2.75) is 25.9 Å². The first kappa shape index (κ1) is 16.9. The lowest BCUT2D eigenvalue weighted by molar-refractivity contribution is 0.0599. The third kappa shape index (κ3) is 4.15. The van der Waals surface area contributed by atoms with Crippen molar-refractivity contribution in [3.8, 4) is 0 Å². The van der Waals surface area contributed by atoms with Gasteiger partial charge < -0.3 is 10.5 Å². The van der Waals surface area contributed by atoms with Gasteiger partial charge in [-0.05, 0) is 31.4 Å². The van der Waals surface area contributed by atoms with E-state index in [0.29, 0.717) is 23.8 Å². The Labute approximate surface area is 125 Å². The van der Waals surface area contributed by atoms with Gasteiger partial charge in [-0.1, -0.05) is 19.1 Å². The van der Waals surface area contributed by atoms with Crippen LogP contribution < -0.4 is 5.73 Å². The molecule has 0 radical (unpaired) electrons. The van der Waals surface area contributed by atoms with Gasteiger partial charge in [0.25, 0.3) is 0 Å². The molecule has 1 aromatic carbocycles. The number of benzene rings is 1. The molecule has 0 spiro atoms. The highest BCUT2D eigenvalue weighted by molar-refractivity contribution is 7.98. The molecule has 20 heavy (non-hydrogen) atoms. The molecule has 0 aliphatic carbocycles. The fraction of sp³-hybridized carbons (Fsp3) is 0.533. The van der Waals surface area contributed by atoms with Crippen LogP contribution in [0.1, 0.15) is 29.3 Å². The van der Waals surface area contributed by atoms with E-state index in [0.717, 1.165) is 17.7 Å². The smallest absolute Gasteiger partial charge is 0.340 e. The van der Waals surface area contributed by atoms with Crippen LogP contribution in [0.3, 0.4) is 0 Å². The maximum Gasteiger partial charge on any atom is 0.340 e. The summed E-state index contributed by atoms with van der Waals surface area (Å²) in [7, 11) is 3.46. The van der Waals surface area contributed by atoms with E-state index in [1.54, 1.807) is 6.07 Å². The van der Waals surface area contributed by atoms with Crippen LogP contribution in [0.15, 0.2) is 18.2 Å². The second-order valence-corrected chi connectivity index (χ2v) is 5.72. The maximum atomic E-state index is 11.9. The lowest BCUT2D eigenvalue weighted by Crippen LogP contribution is -2.33. The van der Waals surface area contributed by atoms with Crippen molar-refractivity contribution in [3.05, 3.63) is 29.3 Å². The zero-order chi connectivity index (χ0) is 15.1. The highest BCUT2D eigenvalue weighted by atomic mass is 32.2. The molecular formula is C15H24N2O2S. The van der Waals surface area contributed by atoms with E-state index in [4.69, 9.17) is 10.5 Å². The fourth-order valence-corrected chi connectivity index (χ4v) is 3.12. The average Bonchev–Trinajstić information content (AvgIpc) is 2.44. The zero-order valence-electron chi connectivity index (χ0n) is 12.7. The SMILES string of the molecule is CCC(CSC)N(C)Cc1cccc(N)c1C(=O)OC. The van der Waals surface area contributed by atoms with Crippen molar-refractivity contribution in [2.24, 2.45) is 0 Å². The maximum absolute atomic E-state index is 11.9. The number of nitrogens with two attached hydrogens (primary N) is 1. The molecule has 0 heterocycles. The predicted molar refractivity (Wildman–Crippen MR) is 86.1 cm³/mol. The monoisotopic (exact) mass is 296 g/mol. The first-order valence-electron chi connectivity index (χ1n) is 6.69. The Kier molecular flexibility index (Phi) is 6.88. The molecule has 112 valence electrons. The van der Waals surface area contributed by atoms with Crippen molar-refractivity contribution in [2.75, 3.05) is 31.9 Å². The van der Waals surface area contributed by atoms with Crippen molar-refractivity contribution in [3.63, 3.8) is 0 Å². The minimum absolute atomic E-state index is 0.371. The summed E-state index contributed by atoms with van der Waals surface area (Å²) in [5.74, 6) is 0.701. The average molecular weight is 296 g/mol. The Balaban J connectivity index is 2.97. The Morgan fingerprint density at radius 3 is 2.75 bits per heavy atom. The second kappa shape index (κ2) is 8.17. The van der Waals surface area contributed by atoms with Gasteiger partial charge in [0.2, 0.25) is 0 Å². The number of methoxy groups -OCH3 is 1. The fourth-order valence-electron chi connectivity index (χ4n) is 2.25. The Bertz CT molecular complexity index is 451. The van der Waals surface area contributed by atoms with Crippen LogP contribution in [0.5, 0.6) is 0 Å². The number of anilines is 1. The highest BCUT2D eigenvalue weighted by Crippen LogP contribution is 2.21. The third-order valence-electron chi connectivity index (χ3n) is 3.45. The zero-order valence-corrected chi connectivity index (χ0v) is 13.5. The molecule has 0 aliphatic heterocycles. The van der Waals surface area contributed by atoms with Gasteiger partial charge in [0.05, 0.1) is 12.7 Å². The van der Waals surface area contributed by atoms with Gasteiger partial charge in [-0.3, -0.25) is 4.90 Å². The molecule has 0 saturated carbocycles. The molecule has 1 atom stereocenters. The first-order chi connectivity index (χ1) is 9.54. The van der Waals surface area contributed by atoms with Crippen LogP contribution in [0.4, 0.5) is 5.69 Å². The summed E-state index contributed by atoms with van der Waals surface area (Å²) in [6.07, 6.45) is 3.18. The summed E-state index contributed by atoms with van der Waals surface area (Å²) in [6, 6.07) is 6.03. The Hall–Kier alpha value is -1.20. The van der Waals surface area contributed by atoms with Crippen LogP contribution in [-0.2, 0) is 11.3 Å². The minimum Gasteiger partial charge on any atom is -0.465 e. The first-order valence-corrected chi connectivity index (χ1v) is 8.09. The van der Waals surface area contributed by atoms with Crippen LogP contribution in [0.2, 0.25) is 0 Å². The topological polar surface area (TPSA) is 55.6 Å². The van der Waals surface area contributed by atoms with Gasteiger partial charge in [0.15, 0.2) is 0 Å². The second-order valence-electron chi connectivity index (χ2n) is 4.81. The van der Waals surface area contributed by atoms with Gasteiger partial charge in [0, 0.05) is 24.0 Å². The number of rotatable bonds is 7. The van der Waals surface area contributed by atoms with Crippen molar-refractivity contribution in [1.82, 2.24) is 4.90 Å². The molecule has 0 saturated heterocycles. The number of carbonyl (C=O) groups is 1. The molecular weight excluding hydrogens is 272 g/mol. The van der Waals surface area contributed by atoms with E-state index < -0.39 is 0 Å². The van der Waals surface area contributed by atoms with E-state index in [1.807, 2.05) is 23.9 Å². The normalized spacial score (nSPS) is 12.4. The minimum atomic E-state index is -0.371. The number of hydrogen-bond acceptors (Lipinski definition) is 5. The molecule has 0 aliphatic rings. The summed E-state index contributed by atoms with van der Waals surface area (Å²) in [4.78, 5) is 14.1. The van der Waals surface area contributed by atoms with Crippen molar-refractivity contribution in [1.29, 1.82) is 0 Å². The number of ether oxygens (including phenoxy) is 1. The third-order valence-corrected chi connectivity index (χ3v) is 4.16. The van der Waals surface area contributed by atoms with E-state index in [1.165, 1.54) is 7.11 Å². The lowest BCUT2D eigenvalue weighted by atomic mass is 10.0. The molecule has 4 nitrogen and oxygen atoms in total. The van der Waals surface area contributed by atoms with Crippen molar-refractivity contribution < 1.29 is 9.53 Å². The molecule has 5 heteroatoms. The van der Waals surface area contributed by atoms with Gasteiger partial charge in [-0.25, -0.2) is 4.79 Å². The summed E-state index contributed by atoms with van der Waals surface area (Å²) in [5, 5.41) is 0. The van der Waals surface area contributed by atoms with Crippen LogP contribution in [-0.4, -0.2) is 43.1 Å². The number of nitrogen functional groups attached to an aromatic ring is 1. The number of hydrogen-bond donors (Lipinski definition) is 1. The number of nitrogens with zero attached hydrogens (tertiary/aromatic N) is 1. The van der Waals surface area contributed by atoms with Gasteiger partial charge in [-0.15, -0.1) is 0 Å².